The normalized spacial score (nSPS) is 23.7. The van der Waals surface area contributed by atoms with Crippen LogP contribution in [0.25, 0.3) is 0 Å². The fraction of sp³-hybridized carbons (Fsp3) is 0.824. The van der Waals surface area contributed by atoms with Gasteiger partial charge in [0.1, 0.15) is 0 Å². The monoisotopic (exact) mass is 277 g/mol. The molecule has 0 bridgehead atoms. The molecule has 0 radical (unpaired) electrons. The third-order valence-electron chi connectivity index (χ3n) is 5.01. The predicted molar refractivity (Wildman–Crippen MR) is 84.8 cm³/mol. The number of likely N-dealkylation sites (N-methyl/N-ethyl adjacent to an activating group) is 1. The third-order valence-corrected chi connectivity index (χ3v) is 5.01. The summed E-state index contributed by atoms with van der Waals surface area (Å²) in [4.78, 5) is 0. The molecule has 3 nitrogen and oxygen atoms in total. The molecule has 1 aromatic rings. The molecule has 0 aliphatic heterocycles. The average Bonchev–Trinajstić information content (AvgIpc) is 2.85. The van der Waals surface area contributed by atoms with Crippen LogP contribution in [0.3, 0.4) is 0 Å². The highest BCUT2D eigenvalue weighted by molar-refractivity contribution is 5.08. The van der Waals surface area contributed by atoms with Crippen LogP contribution in [0.5, 0.6) is 0 Å². The second-order valence-electron chi connectivity index (χ2n) is 6.91. The second-order valence-corrected chi connectivity index (χ2v) is 6.91. The van der Waals surface area contributed by atoms with Gasteiger partial charge < -0.3 is 5.32 Å². The van der Waals surface area contributed by atoms with Gasteiger partial charge in [-0.25, -0.2) is 0 Å². The van der Waals surface area contributed by atoms with Crippen LogP contribution in [0.15, 0.2) is 12.4 Å². The van der Waals surface area contributed by atoms with Gasteiger partial charge in [0.05, 0.1) is 6.20 Å². The van der Waals surface area contributed by atoms with Gasteiger partial charge in [-0.05, 0) is 49.6 Å². The van der Waals surface area contributed by atoms with Crippen molar-refractivity contribution in [1.29, 1.82) is 0 Å². The van der Waals surface area contributed by atoms with Gasteiger partial charge in [-0.15, -0.1) is 0 Å². The van der Waals surface area contributed by atoms with E-state index in [1.165, 1.54) is 31.2 Å². The molecule has 1 fully saturated rings. The summed E-state index contributed by atoms with van der Waals surface area (Å²) in [6, 6.07) is 0.588. The first kappa shape index (κ1) is 15.6. The van der Waals surface area contributed by atoms with Crippen LogP contribution in [0.1, 0.15) is 58.9 Å². The van der Waals surface area contributed by atoms with Crippen molar-refractivity contribution >= 4 is 0 Å². The minimum Gasteiger partial charge on any atom is -0.314 e. The molecular formula is C17H31N3. The standard InChI is InChI=1S/C17H31N3/c1-5-18-16(11-14-12-19-20(6-2)13-14)15-9-7-8-10-17(15,3)4/h12-13,15-16,18H,5-11H2,1-4H3. The molecule has 0 saturated heterocycles. The molecule has 0 amide bonds. The Morgan fingerprint density at radius 1 is 1.40 bits per heavy atom. The van der Waals surface area contributed by atoms with E-state index in [0.29, 0.717) is 11.5 Å². The van der Waals surface area contributed by atoms with Gasteiger partial charge in [0.25, 0.3) is 0 Å². The number of hydrogen-bond acceptors (Lipinski definition) is 2. The van der Waals surface area contributed by atoms with E-state index < -0.39 is 0 Å². The summed E-state index contributed by atoms with van der Waals surface area (Å²) in [5.74, 6) is 0.779. The number of nitrogens with one attached hydrogen (secondary N) is 1. The third kappa shape index (κ3) is 3.63. The maximum atomic E-state index is 4.42. The summed E-state index contributed by atoms with van der Waals surface area (Å²) in [6.07, 6.45) is 10.9. The van der Waals surface area contributed by atoms with Crippen molar-refractivity contribution in [1.82, 2.24) is 15.1 Å². The summed E-state index contributed by atoms with van der Waals surface area (Å²) in [6.45, 7) is 11.3. The van der Waals surface area contributed by atoms with E-state index in [1.54, 1.807) is 0 Å². The van der Waals surface area contributed by atoms with E-state index in [9.17, 15) is 0 Å². The highest BCUT2D eigenvalue weighted by Crippen LogP contribution is 2.42. The largest absolute Gasteiger partial charge is 0.314 e. The highest BCUT2D eigenvalue weighted by atomic mass is 15.3. The summed E-state index contributed by atoms with van der Waals surface area (Å²) >= 11 is 0. The van der Waals surface area contributed by atoms with Gasteiger partial charge in [0.2, 0.25) is 0 Å². The first-order chi connectivity index (χ1) is 9.56. The lowest BCUT2D eigenvalue weighted by Crippen LogP contribution is -2.46. The lowest BCUT2D eigenvalue weighted by molar-refractivity contribution is 0.0987. The molecule has 114 valence electrons. The predicted octanol–water partition coefficient (Wildman–Crippen LogP) is 3.64. The highest BCUT2D eigenvalue weighted by Gasteiger charge is 2.37. The lowest BCUT2D eigenvalue weighted by atomic mass is 9.65. The molecule has 2 atom stereocenters. The quantitative estimate of drug-likeness (QED) is 0.860. The minimum absolute atomic E-state index is 0.464. The number of rotatable bonds is 6. The van der Waals surface area contributed by atoms with E-state index in [2.05, 4.69) is 44.3 Å². The van der Waals surface area contributed by atoms with E-state index in [0.717, 1.165) is 25.4 Å². The molecule has 1 aromatic heterocycles. The maximum Gasteiger partial charge on any atom is 0.0522 e. The first-order valence-corrected chi connectivity index (χ1v) is 8.31. The number of hydrogen-bond donors (Lipinski definition) is 1. The van der Waals surface area contributed by atoms with Crippen molar-refractivity contribution < 1.29 is 0 Å². The second kappa shape index (κ2) is 6.75. The minimum atomic E-state index is 0.464. The van der Waals surface area contributed by atoms with Gasteiger partial charge in [-0.3, -0.25) is 4.68 Å². The SMILES string of the molecule is CCNC(Cc1cnn(CC)c1)C1CCCCC1(C)C. The van der Waals surface area contributed by atoms with E-state index in [4.69, 9.17) is 0 Å². The van der Waals surface area contributed by atoms with Gasteiger partial charge in [-0.1, -0.05) is 33.6 Å². The zero-order chi connectivity index (χ0) is 14.6. The molecule has 2 rings (SSSR count). The molecule has 2 unspecified atom stereocenters. The maximum absolute atomic E-state index is 4.42. The Morgan fingerprint density at radius 3 is 2.80 bits per heavy atom. The molecule has 1 aliphatic carbocycles. The summed E-state index contributed by atoms with van der Waals surface area (Å²) in [7, 11) is 0. The fourth-order valence-electron chi connectivity index (χ4n) is 3.82. The summed E-state index contributed by atoms with van der Waals surface area (Å²) in [5, 5.41) is 8.16. The van der Waals surface area contributed by atoms with Crippen molar-refractivity contribution in [3.8, 4) is 0 Å². The molecule has 0 aromatic carbocycles. The van der Waals surface area contributed by atoms with Crippen LogP contribution < -0.4 is 5.32 Å². The Balaban J connectivity index is 2.09. The molecule has 1 N–H and O–H groups in total. The van der Waals surface area contributed by atoms with Crippen LogP contribution in [-0.2, 0) is 13.0 Å². The van der Waals surface area contributed by atoms with Crippen LogP contribution in [-0.4, -0.2) is 22.4 Å². The smallest absolute Gasteiger partial charge is 0.0522 e. The lowest BCUT2D eigenvalue weighted by Gasteiger charge is -2.43. The first-order valence-electron chi connectivity index (χ1n) is 8.31. The van der Waals surface area contributed by atoms with Gasteiger partial charge in [0, 0.05) is 18.8 Å². The van der Waals surface area contributed by atoms with Crippen molar-refractivity contribution in [2.75, 3.05) is 6.54 Å². The Bertz CT molecular complexity index is 408. The van der Waals surface area contributed by atoms with Crippen LogP contribution in [0, 0.1) is 11.3 Å². The van der Waals surface area contributed by atoms with Crippen molar-refractivity contribution in [2.45, 2.75) is 72.4 Å². The molecule has 1 aliphatic rings. The van der Waals surface area contributed by atoms with Crippen LogP contribution in [0.4, 0.5) is 0 Å². The van der Waals surface area contributed by atoms with E-state index in [-0.39, 0.29) is 0 Å². The van der Waals surface area contributed by atoms with Crippen molar-refractivity contribution in [3.63, 3.8) is 0 Å². The zero-order valence-electron chi connectivity index (χ0n) is 13.7. The number of aryl methyl sites for hydroxylation is 1. The molecule has 20 heavy (non-hydrogen) atoms. The van der Waals surface area contributed by atoms with Crippen molar-refractivity contribution in [3.05, 3.63) is 18.0 Å². The number of aromatic nitrogens is 2. The Hall–Kier alpha value is -0.830. The zero-order valence-corrected chi connectivity index (χ0v) is 13.7. The summed E-state index contributed by atoms with van der Waals surface area (Å²) in [5.41, 5.74) is 1.84. The fourth-order valence-corrected chi connectivity index (χ4v) is 3.82. The van der Waals surface area contributed by atoms with Crippen LogP contribution >= 0.6 is 0 Å². The molecular weight excluding hydrogens is 246 g/mol. The van der Waals surface area contributed by atoms with Gasteiger partial charge >= 0.3 is 0 Å². The topological polar surface area (TPSA) is 29.9 Å². The number of nitrogens with zero attached hydrogens (tertiary/aromatic N) is 2. The molecule has 0 spiro atoms. The summed E-state index contributed by atoms with van der Waals surface area (Å²) < 4.78 is 2.03. The average molecular weight is 277 g/mol. The van der Waals surface area contributed by atoms with Gasteiger partial charge in [-0.2, -0.15) is 5.10 Å². The molecule has 1 heterocycles. The Morgan fingerprint density at radius 2 is 2.20 bits per heavy atom. The Labute approximate surface area is 124 Å². The van der Waals surface area contributed by atoms with E-state index in [1.807, 2.05) is 10.9 Å². The van der Waals surface area contributed by atoms with Crippen molar-refractivity contribution in [2.24, 2.45) is 11.3 Å². The molecule has 1 saturated carbocycles. The van der Waals surface area contributed by atoms with E-state index >= 15 is 0 Å². The Kier molecular flexibility index (Phi) is 5.25. The van der Waals surface area contributed by atoms with Crippen LogP contribution in [0.2, 0.25) is 0 Å². The molecule has 3 heteroatoms. The van der Waals surface area contributed by atoms with Gasteiger partial charge in [0.15, 0.2) is 0 Å².